The van der Waals surface area contributed by atoms with Crippen molar-refractivity contribution in [2.75, 3.05) is 0 Å². The van der Waals surface area contributed by atoms with Crippen LogP contribution in [-0.2, 0) is 4.43 Å². The van der Waals surface area contributed by atoms with Crippen molar-refractivity contribution in [2.45, 2.75) is 76.7 Å². The number of rotatable bonds is 4. The second kappa shape index (κ2) is 10.0. The van der Waals surface area contributed by atoms with Crippen molar-refractivity contribution in [1.82, 2.24) is 0 Å². The molecule has 3 atom stereocenters. The molecule has 0 N–H and O–H groups in total. The van der Waals surface area contributed by atoms with E-state index in [0.717, 1.165) is 25.0 Å². The van der Waals surface area contributed by atoms with E-state index >= 15 is 0 Å². The molecule has 0 radical (unpaired) electrons. The van der Waals surface area contributed by atoms with Gasteiger partial charge in [0.1, 0.15) is 0 Å². The van der Waals surface area contributed by atoms with Gasteiger partial charge < -0.3 is 4.43 Å². The molecule has 0 aliphatic heterocycles. The molecule has 0 aromatic heterocycles. The molecule has 1 aromatic rings. The highest BCUT2D eigenvalue weighted by Gasteiger charge is 2.33. The highest BCUT2D eigenvalue weighted by atomic mass is 32.2. The van der Waals surface area contributed by atoms with Crippen LogP contribution in [0, 0.1) is 28.6 Å². The maximum atomic E-state index is 9.98. The van der Waals surface area contributed by atoms with Crippen LogP contribution in [0.15, 0.2) is 58.7 Å². The topological polar surface area (TPSA) is 33.0 Å². The van der Waals surface area contributed by atoms with E-state index < -0.39 is 8.32 Å². The van der Waals surface area contributed by atoms with E-state index in [1.807, 2.05) is 11.8 Å². The van der Waals surface area contributed by atoms with Crippen LogP contribution < -0.4 is 0 Å². The smallest absolute Gasteiger partial charge is 0.241 e. The Morgan fingerprint density at radius 3 is 2.41 bits per heavy atom. The van der Waals surface area contributed by atoms with Gasteiger partial charge in [0.25, 0.3) is 0 Å². The van der Waals surface area contributed by atoms with E-state index in [1.165, 1.54) is 10.5 Å². The first-order chi connectivity index (χ1) is 13.5. The molecule has 0 heterocycles. The van der Waals surface area contributed by atoms with Crippen LogP contribution in [0.25, 0.3) is 0 Å². The monoisotopic (exact) mass is 427 g/mol. The highest BCUT2D eigenvalue weighted by molar-refractivity contribution is 8.00. The SMILES string of the molecule is C/C1=C\CC(C)(C)C(C#N)/C=C(\O[Si](C)(C)C)[C@@H](C)[C@H](Sc2ccccc2)CC1. The Kier molecular flexibility index (Phi) is 8.25. The minimum atomic E-state index is -1.79. The van der Waals surface area contributed by atoms with Crippen molar-refractivity contribution < 1.29 is 4.43 Å². The van der Waals surface area contributed by atoms with Crippen molar-refractivity contribution in [3.63, 3.8) is 0 Å². The van der Waals surface area contributed by atoms with Gasteiger partial charge in [-0.2, -0.15) is 5.26 Å². The Bertz CT molecular complexity index is 770. The molecule has 0 saturated carbocycles. The molecule has 0 saturated heterocycles. The molecule has 0 fully saturated rings. The standard InChI is InChI=1S/C25H37NOSSi/c1-19-13-14-24(28-22-11-9-8-10-12-22)20(2)23(27-29(5,6)7)17-21(18-26)25(3,4)16-15-19/h8-12,15,17,20-21,24H,13-14,16H2,1-7H3/b19-15+,23-17-/t20-,21?,24-/m1/s1. The van der Waals surface area contributed by atoms with Gasteiger partial charge in [0, 0.05) is 16.1 Å². The van der Waals surface area contributed by atoms with E-state index in [4.69, 9.17) is 4.43 Å². The minimum Gasteiger partial charge on any atom is -0.547 e. The maximum Gasteiger partial charge on any atom is 0.241 e. The van der Waals surface area contributed by atoms with Crippen molar-refractivity contribution in [3.8, 4) is 6.07 Å². The Morgan fingerprint density at radius 2 is 1.83 bits per heavy atom. The van der Waals surface area contributed by atoms with E-state index in [2.05, 4.69) is 95.9 Å². The number of benzene rings is 1. The van der Waals surface area contributed by atoms with Gasteiger partial charge in [-0.25, -0.2) is 0 Å². The Balaban J connectivity index is 2.47. The Morgan fingerprint density at radius 1 is 1.17 bits per heavy atom. The Labute approximate surface area is 183 Å². The van der Waals surface area contributed by atoms with Crippen molar-refractivity contribution in [3.05, 3.63) is 53.8 Å². The van der Waals surface area contributed by atoms with Crippen LogP contribution >= 0.6 is 11.8 Å². The molecule has 158 valence electrons. The summed E-state index contributed by atoms with van der Waals surface area (Å²) in [5.41, 5.74) is 1.31. The summed E-state index contributed by atoms with van der Waals surface area (Å²) in [6, 6.07) is 13.2. The molecular weight excluding hydrogens is 390 g/mol. The summed E-state index contributed by atoms with van der Waals surface area (Å²) >= 11 is 1.94. The molecule has 1 unspecified atom stereocenters. The van der Waals surface area contributed by atoms with Gasteiger partial charge in [-0.1, -0.05) is 50.6 Å². The summed E-state index contributed by atoms with van der Waals surface area (Å²) < 4.78 is 6.60. The highest BCUT2D eigenvalue weighted by Crippen LogP contribution is 2.40. The summed E-state index contributed by atoms with van der Waals surface area (Å²) in [4.78, 5) is 1.30. The summed E-state index contributed by atoms with van der Waals surface area (Å²) in [5.74, 6) is 1.11. The molecule has 2 rings (SSSR count). The average molecular weight is 428 g/mol. The molecule has 1 aromatic carbocycles. The normalized spacial score (nSPS) is 29.4. The maximum absolute atomic E-state index is 9.98. The largest absolute Gasteiger partial charge is 0.547 e. The van der Waals surface area contributed by atoms with E-state index in [-0.39, 0.29) is 17.3 Å². The van der Waals surface area contributed by atoms with E-state index in [1.54, 1.807) is 0 Å². The number of hydrogen-bond donors (Lipinski definition) is 0. The molecule has 2 nitrogen and oxygen atoms in total. The minimum absolute atomic E-state index is 0.115. The first-order valence-electron chi connectivity index (χ1n) is 10.7. The zero-order valence-corrected chi connectivity index (χ0v) is 21.0. The molecule has 0 bridgehead atoms. The number of hydrogen-bond acceptors (Lipinski definition) is 3. The second-order valence-electron chi connectivity index (χ2n) is 9.93. The van der Waals surface area contributed by atoms with Gasteiger partial charge in [0.15, 0.2) is 0 Å². The van der Waals surface area contributed by atoms with Crippen LogP contribution in [0.1, 0.15) is 47.0 Å². The van der Waals surface area contributed by atoms with Gasteiger partial charge in [-0.05, 0) is 69.5 Å². The predicted octanol–water partition coefficient (Wildman–Crippen LogP) is 7.81. The van der Waals surface area contributed by atoms with Crippen LogP contribution in [0.2, 0.25) is 19.6 Å². The van der Waals surface area contributed by atoms with Gasteiger partial charge >= 0.3 is 0 Å². The lowest BCUT2D eigenvalue weighted by molar-refractivity contribution is 0.292. The lowest BCUT2D eigenvalue weighted by atomic mass is 9.76. The van der Waals surface area contributed by atoms with Crippen LogP contribution in [0.3, 0.4) is 0 Å². The van der Waals surface area contributed by atoms with E-state index in [0.29, 0.717) is 5.25 Å². The number of allylic oxidation sites excluding steroid dienone is 4. The van der Waals surface area contributed by atoms with Crippen molar-refractivity contribution in [2.24, 2.45) is 17.3 Å². The average Bonchev–Trinajstić information content (AvgIpc) is 2.66. The third kappa shape index (κ3) is 7.39. The fraction of sp³-hybridized carbons (Fsp3) is 0.560. The van der Waals surface area contributed by atoms with Gasteiger partial charge in [0.2, 0.25) is 8.32 Å². The summed E-state index contributed by atoms with van der Waals surface area (Å²) in [6.45, 7) is 15.6. The summed E-state index contributed by atoms with van der Waals surface area (Å²) in [7, 11) is -1.79. The fourth-order valence-corrected chi connectivity index (χ4v) is 5.74. The van der Waals surface area contributed by atoms with Crippen LogP contribution in [-0.4, -0.2) is 13.6 Å². The lowest BCUT2D eigenvalue weighted by Crippen LogP contribution is -2.31. The molecule has 0 amide bonds. The number of nitriles is 1. The molecule has 0 spiro atoms. The number of nitrogens with zero attached hydrogens (tertiary/aromatic N) is 1. The van der Waals surface area contributed by atoms with Crippen molar-refractivity contribution in [1.29, 1.82) is 5.26 Å². The first-order valence-corrected chi connectivity index (χ1v) is 15.0. The Hall–Kier alpha value is -1.44. The zero-order chi connectivity index (χ0) is 21.7. The van der Waals surface area contributed by atoms with Gasteiger partial charge in [-0.3, -0.25) is 0 Å². The van der Waals surface area contributed by atoms with Gasteiger partial charge in [0.05, 0.1) is 17.7 Å². The van der Waals surface area contributed by atoms with Gasteiger partial charge in [-0.15, -0.1) is 11.8 Å². The molecule has 1 aliphatic carbocycles. The quantitative estimate of drug-likeness (QED) is 0.363. The molecular formula is C25H37NOSSi. The lowest BCUT2D eigenvalue weighted by Gasteiger charge is -2.33. The first kappa shape index (κ1) is 23.8. The van der Waals surface area contributed by atoms with Crippen LogP contribution in [0.4, 0.5) is 0 Å². The predicted molar refractivity (Wildman–Crippen MR) is 128 cm³/mol. The van der Waals surface area contributed by atoms with E-state index in [9.17, 15) is 5.26 Å². The summed E-state index contributed by atoms with van der Waals surface area (Å²) in [6.07, 6.45) is 7.60. The second-order valence-corrected chi connectivity index (χ2v) is 15.7. The molecule has 4 heteroatoms. The zero-order valence-electron chi connectivity index (χ0n) is 19.2. The van der Waals surface area contributed by atoms with Crippen molar-refractivity contribution >= 4 is 20.1 Å². The number of thioether (sulfide) groups is 1. The summed E-state index contributed by atoms with van der Waals surface area (Å²) in [5, 5.41) is 10.4. The van der Waals surface area contributed by atoms with Crippen LogP contribution in [0.5, 0.6) is 0 Å². The molecule has 1 aliphatic rings. The third-order valence-electron chi connectivity index (χ3n) is 5.57. The third-order valence-corrected chi connectivity index (χ3v) is 7.91. The fourth-order valence-electron chi connectivity index (χ4n) is 3.54. The molecule has 29 heavy (non-hydrogen) atoms.